The first-order chi connectivity index (χ1) is 5.17. The highest BCUT2D eigenvalue weighted by Crippen LogP contribution is 2.08. The molecule has 0 aliphatic carbocycles. The van der Waals surface area contributed by atoms with Crippen molar-refractivity contribution in [3.8, 4) is 0 Å². The average molecular weight is 191 g/mol. The lowest BCUT2D eigenvalue weighted by atomic mass is 11.0. The van der Waals surface area contributed by atoms with Gasteiger partial charge in [0.05, 0.1) is 5.38 Å². The standard InChI is InChI=1S/C3HN3O3S2/c7-2-4-11(8,9)3-1-10-6-5-3/h1H. The second-order valence-corrected chi connectivity index (χ2v) is 3.56. The fraction of sp³-hybridized carbons (Fsp3) is 0. The Hall–Kier alpha value is -1.11. The molecule has 0 N–H and O–H groups in total. The highest BCUT2D eigenvalue weighted by Gasteiger charge is 2.15. The van der Waals surface area contributed by atoms with E-state index >= 15 is 0 Å². The Labute approximate surface area is 65.8 Å². The summed E-state index contributed by atoms with van der Waals surface area (Å²) >= 11 is 0.862. The van der Waals surface area contributed by atoms with Crippen LogP contribution in [0.2, 0.25) is 0 Å². The lowest BCUT2D eigenvalue weighted by Crippen LogP contribution is -1.96. The van der Waals surface area contributed by atoms with E-state index < -0.39 is 10.0 Å². The molecule has 0 fully saturated rings. The maximum absolute atomic E-state index is 10.8. The van der Waals surface area contributed by atoms with Gasteiger partial charge in [-0.1, -0.05) is 8.89 Å². The molecule has 0 saturated heterocycles. The quantitative estimate of drug-likeness (QED) is 0.467. The van der Waals surface area contributed by atoms with Crippen LogP contribution in [0.15, 0.2) is 14.8 Å². The molecule has 1 heterocycles. The van der Waals surface area contributed by atoms with Gasteiger partial charge >= 0.3 is 10.0 Å². The number of sulfonamides is 1. The minimum absolute atomic E-state index is 0.328. The number of nitrogens with zero attached hydrogens (tertiary/aromatic N) is 3. The molecule has 0 aliphatic rings. The van der Waals surface area contributed by atoms with Crippen LogP contribution in [0, 0.1) is 0 Å². The van der Waals surface area contributed by atoms with Crippen LogP contribution in [-0.2, 0) is 14.8 Å². The normalized spacial score (nSPS) is 10.5. The molecule has 6 nitrogen and oxygen atoms in total. The summed E-state index contributed by atoms with van der Waals surface area (Å²) in [4.78, 5) is 9.60. The van der Waals surface area contributed by atoms with Crippen molar-refractivity contribution in [2.45, 2.75) is 5.03 Å². The van der Waals surface area contributed by atoms with Crippen molar-refractivity contribution in [2.75, 3.05) is 0 Å². The Morgan fingerprint density at radius 2 is 2.36 bits per heavy atom. The fourth-order valence-electron chi connectivity index (χ4n) is 0.364. The first-order valence-electron chi connectivity index (χ1n) is 2.28. The number of rotatable bonds is 2. The average Bonchev–Trinajstić information content (AvgIpc) is 2.37. The van der Waals surface area contributed by atoms with Crippen molar-refractivity contribution in [1.29, 1.82) is 0 Å². The van der Waals surface area contributed by atoms with Gasteiger partial charge in [-0.05, 0) is 11.5 Å². The van der Waals surface area contributed by atoms with E-state index in [-0.39, 0.29) is 5.03 Å². The van der Waals surface area contributed by atoms with Gasteiger partial charge in [-0.15, -0.1) is 5.10 Å². The van der Waals surface area contributed by atoms with E-state index in [0.29, 0.717) is 0 Å². The Morgan fingerprint density at radius 1 is 1.64 bits per heavy atom. The second-order valence-electron chi connectivity index (χ2n) is 1.40. The molecule has 0 atom stereocenters. The minimum Gasteiger partial charge on any atom is -0.210 e. The highest BCUT2D eigenvalue weighted by molar-refractivity contribution is 7.90. The summed E-state index contributed by atoms with van der Waals surface area (Å²) in [6.07, 6.45) is 0.920. The predicted molar refractivity (Wildman–Crippen MR) is 35.2 cm³/mol. The van der Waals surface area contributed by atoms with Gasteiger partial charge in [0, 0.05) is 0 Å². The zero-order chi connectivity index (χ0) is 8.32. The zero-order valence-electron chi connectivity index (χ0n) is 4.96. The van der Waals surface area contributed by atoms with Crippen LogP contribution in [0.25, 0.3) is 0 Å². The van der Waals surface area contributed by atoms with Gasteiger partial charge in [0.25, 0.3) is 6.08 Å². The van der Waals surface area contributed by atoms with E-state index in [1.807, 2.05) is 0 Å². The summed E-state index contributed by atoms with van der Waals surface area (Å²) in [5.41, 5.74) is 0. The largest absolute Gasteiger partial charge is 0.312 e. The fourth-order valence-corrected chi connectivity index (χ4v) is 1.69. The topological polar surface area (TPSA) is 89.4 Å². The van der Waals surface area contributed by atoms with Crippen LogP contribution in [0.4, 0.5) is 0 Å². The Bertz CT molecular complexity index is 374. The van der Waals surface area contributed by atoms with Crippen LogP contribution >= 0.6 is 11.5 Å². The van der Waals surface area contributed by atoms with Crippen LogP contribution < -0.4 is 0 Å². The molecular weight excluding hydrogens is 190 g/mol. The molecule has 11 heavy (non-hydrogen) atoms. The van der Waals surface area contributed by atoms with E-state index in [2.05, 4.69) is 14.0 Å². The lowest BCUT2D eigenvalue weighted by molar-refractivity contribution is 0.563. The van der Waals surface area contributed by atoms with Gasteiger partial charge < -0.3 is 0 Å². The Morgan fingerprint density at radius 3 is 2.82 bits per heavy atom. The van der Waals surface area contributed by atoms with Crippen molar-refractivity contribution >= 4 is 27.6 Å². The SMILES string of the molecule is O=C=NS(=O)(=O)c1csnn1. The number of hydrogen-bond acceptors (Lipinski definition) is 6. The van der Waals surface area contributed by atoms with Gasteiger partial charge in [0.2, 0.25) is 5.03 Å². The van der Waals surface area contributed by atoms with Crippen molar-refractivity contribution in [1.82, 2.24) is 9.59 Å². The number of carbonyl (C=O) groups excluding carboxylic acids is 1. The molecule has 0 amide bonds. The third-order valence-electron chi connectivity index (χ3n) is 0.762. The van der Waals surface area contributed by atoms with Crippen LogP contribution in [-0.4, -0.2) is 24.1 Å². The Balaban J connectivity index is 3.22. The second kappa shape index (κ2) is 2.87. The van der Waals surface area contributed by atoms with Crippen LogP contribution in [0.1, 0.15) is 0 Å². The molecule has 0 bridgehead atoms. The molecule has 0 saturated carbocycles. The molecule has 0 spiro atoms. The van der Waals surface area contributed by atoms with Crippen LogP contribution in [0.5, 0.6) is 0 Å². The summed E-state index contributed by atoms with van der Waals surface area (Å²) in [5.74, 6) is 0. The molecule has 1 aromatic rings. The van der Waals surface area contributed by atoms with Gasteiger partial charge in [0.1, 0.15) is 0 Å². The first-order valence-corrected chi connectivity index (χ1v) is 4.55. The third kappa shape index (κ3) is 1.67. The first kappa shape index (κ1) is 7.99. The summed E-state index contributed by atoms with van der Waals surface area (Å²) in [6, 6.07) is 0. The van der Waals surface area contributed by atoms with E-state index in [0.717, 1.165) is 17.6 Å². The van der Waals surface area contributed by atoms with Gasteiger partial charge in [0.15, 0.2) is 0 Å². The summed E-state index contributed by atoms with van der Waals surface area (Å²) in [7, 11) is -3.93. The highest BCUT2D eigenvalue weighted by atomic mass is 32.2. The molecule has 0 aliphatic heterocycles. The maximum atomic E-state index is 10.8. The number of hydrogen-bond donors (Lipinski definition) is 0. The van der Waals surface area contributed by atoms with Crippen molar-refractivity contribution in [2.24, 2.45) is 4.40 Å². The van der Waals surface area contributed by atoms with Gasteiger partial charge in [-0.25, -0.2) is 4.79 Å². The molecular formula is C3HN3O3S2. The smallest absolute Gasteiger partial charge is 0.210 e. The maximum Gasteiger partial charge on any atom is 0.312 e. The zero-order valence-corrected chi connectivity index (χ0v) is 6.59. The summed E-state index contributed by atoms with van der Waals surface area (Å²) in [5, 5.41) is 4.06. The predicted octanol–water partition coefficient (Wildman–Crippen LogP) is -0.437. The Kier molecular flexibility index (Phi) is 2.08. The minimum atomic E-state index is -3.93. The van der Waals surface area contributed by atoms with E-state index in [1.165, 1.54) is 5.38 Å². The molecule has 0 radical (unpaired) electrons. The van der Waals surface area contributed by atoms with Crippen LogP contribution in [0.3, 0.4) is 0 Å². The van der Waals surface area contributed by atoms with E-state index in [1.54, 1.807) is 0 Å². The van der Waals surface area contributed by atoms with E-state index in [4.69, 9.17) is 0 Å². The van der Waals surface area contributed by atoms with E-state index in [9.17, 15) is 13.2 Å². The van der Waals surface area contributed by atoms with Crippen molar-refractivity contribution < 1.29 is 13.2 Å². The van der Waals surface area contributed by atoms with Crippen molar-refractivity contribution in [3.05, 3.63) is 5.38 Å². The van der Waals surface area contributed by atoms with Crippen molar-refractivity contribution in [3.63, 3.8) is 0 Å². The van der Waals surface area contributed by atoms with Gasteiger partial charge in [-0.3, -0.25) is 0 Å². The molecule has 8 heteroatoms. The summed E-state index contributed by atoms with van der Waals surface area (Å²) < 4.78 is 27.4. The molecule has 1 rings (SSSR count). The molecule has 0 aromatic carbocycles. The monoisotopic (exact) mass is 191 g/mol. The lowest BCUT2D eigenvalue weighted by Gasteiger charge is -1.83. The summed E-state index contributed by atoms with van der Waals surface area (Å²) in [6.45, 7) is 0. The molecule has 58 valence electrons. The number of isocyanates is 1. The third-order valence-corrected chi connectivity index (χ3v) is 2.46. The molecule has 0 unspecified atom stereocenters. The van der Waals surface area contributed by atoms with Gasteiger partial charge in [-0.2, -0.15) is 8.42 Å². The number of aromatic nitrogens is 2. The molecule has 1 aromatic heterocycles.